The molecule has 2 aromatic carbocycles. The number of carbonyl (C=O) groups is 1. The van der Waals surface area contributed by atoms with Crippen LogP contribution in [0.5, 0.6) is 11.5 Å². The highest BCUT2D eigenvalue weighted by Crippen LogP contribution is 2.45. The van der Waals surface area contributed by atoms with Crippen molar-refractivity contribution in [3.8, 4) is 11.5 Å². The van der Waals surface area contributed by atoms with E-state index in [1.807, 2.05) is 0 Å². The first kappa shape index (κ1) is 43.6. The Morgan fingerprint density at radius 1 is 0.426 bits per heavy atom. The lowest BCUT2D eigenvalue weighted by Crippen LogP contribution is -2.61. The van der Waals surface area contributed by atoms with Crippen LogP contribution in [0, 0.1) is 47.3 Å². The maximum absolute atomic E-state index is 11.5. The van der Waals surface area contributed by atoms with E-state index in [4.69, 9.17) is 9.47 Å². The molecule has 5 aliphatic heterocycles. The topological polar surface area (TPSA) is 152 Å². The SMILES string of the molecule is C1CCC2C3NC(NC4NC(NC5NC(NC6NC(N3)C3CCCCC63)C3CCCCC53)C3CCCCC43)C2C1.COc1ccc(C(C(=O)O)c2ccc(OC)cc2)cc1.[SiH4]. The minimum atomic E-state index is -0.889. The zero-order valence-electron chi connectivity index (χ0n) is 35.9. The fourth-order valence-electron chi connectivity index (χ4n) is 14.0. The molecule has 336 valence electrons. The molecule has 5 heterocycles. The normalized spacial score (nSPS) is 41.2. The third-order valence-corrected chi connectivity index (χ3v) is 16.9. The van der Waals surface area contributed by atoms with Gasteiger partial charge in [0.25, 0.3) is 0 Å². The molecule has 9 N–H and O–H groups in total. The number of hydrogen-bond acceptors (Lipinski definition) is 11. The van der Waals surface area contributed by atoms with Crippen molar-refractivity contribution in [1.82, 2.24) is 42.5 Å². The molecule has 13 heteroatoms. The van der Waals surface area contributed by atoms with Crippen molar-refractivity contribution in [2.75, 3.05) is 14.2 Å². The van der Waals surface area contributed by atoms with Gasteiger partial charge in [0.15, 0.2) is 0 Å². The van der Waals surface area contributed by atoms with E-state index in [2.05, 4.69) is 42.5 Å². The van der Waals surface area contributed by atoms with Gasteiger partial charge in [-0.3, -0.25) is 47.3 Å². The summed E-state index contributed by atoms with van der Waals surface area (Å²) in [6.07, 6.45) is 25.6. The van der Waals surface area contributed by atoms with Crippen molar-refractivity contribution in [2.24, 2.45) is 47.3 Å². The summed E-state index contributed by atoms with van der Waals surface area (Å²) in [4.78, 5) is 11.5. The number of carboxylic acid groups (broad SMARTS) is 1. The van der Waals surface area contributed by atoms with E-state index in [-0.39, 0.29) is 11.0 Å². The maximum atomic E-state index is 11.5. The van der Waals surface area contributed by atoms with Crippen molar-refractivity contribution in [2.45, 2.75) is 158 Å². The summed E-state index contributed by atoms with van der Waals surface area (Å²) in [6, 6.07) is 14.1. The van der Waals surface area contributed by atoms with E-state index in [0.29, 0.717) is 72.0 Å². The van der Waals surface area contributed by atoms with Crippen LogP contribution in [0.1, 0.15) is 120 Å². The Hall–Kier alpha value is -2.59. The Balaban J connectivity index is 0.000000193. The van der Waals surface area contributed by atoms with Gasteiger partial charge in [-0.05, 0) is 145 Å². The van der Waals surface area contributed by atoms with Gasteiger partial charge in [0.05, 0.1) is 63.5 Å². The first-order valence-electron chi connectivity index (χ1n) is 24.0. The summed E-state index contributed by atoms with van der Waals surface area (Å²) >= 11 is 0. The largest absolute Gasteiger partial charge is 0.497 e. The molecule has 0 radical (unpaired) electrons. The average molecular weight is 857 g/mol. The van der Waals surface area contributed by atoms with Crippen molar-refractivity contribution in [3.05, 3.63) is 59.7 Å². The summed E-state index contributed by atoms with van der Waals surface area (Å²) in [5.74, 6) is 5.78. The summed E-state index contributed by atoms with van der Waals surface area (Å²) in [5.41, 5.74) is 1.42. The van der Waals surface area contributed by atoms with E-state index in [0.717, 1.165) is 47.3 Å². The van der Waals surface area contributed by atoms with Gasteiger partial charge >= 0.3 is 5.97 Å². The number of hydrogen-bond donors (Lipinski definition) is 9. The van der Waals surface area contributed by atoms with Crippen LogP contribution >= 0.6 is 0 Å². The zero-order chi connectivity index (χ0) is 40.7. The molecule has 8 atom stereocenters. The van der Waals surface area contributed by atoms with Gasteiger partial charge in [0.1, 0.15) is 17.4 Å². The molecule has 5 saturated heterocycles. The predicted molar refractivity (Wildman–Crippen MR) is 244 cm³/mol. The van der Waals surface area contributed by atoms with Crippen molar-refractivity contribution in [1.29, 1.82) is 0 Å². The summed E-state index contributed by atoms with van der Waals surface area (Å²) in [5, 5.41) is 43.3. The lowest BCUT2D eigenvalue weighted by atomic mass is 9.76. The smallest absolute Gasteiger partial charge is 0.315 e. The molecular weight excluding hydrogens is 781 g/mol. The molecule has 4 aliphatic carbocycles. The quantitative estimate of drug-likeness (QED) is 0.200. The highest BCUT2D eigenvalue weighted by molar-refractivity contribution is 5.80. The Bertz CT molecular complexity index is 1500. The van der Waals surface area contributed by atoms with Crippen LogP contribution in [0.4, 0.5) is 0 Å². The summed E-state index contributed by atoms with van der Waals surface area (Å²) in [7, 11) is 3.15. The van der Waals surface area contributed by atoms with Crippen LogP contribution in [-0.2, 0) is 4.79 Å². The fourth-order valence-corrected chi connectivity index (χ4v) is 14.0. The van der Waals surface area contributed by atoms with Crippen LogP contribution in [0.25, 0.3) is 0 Å². The van der Waals surface area contributed by atoms with Gasteiger partial charge in [-0.25, -0.2) is 0 Å². The molecule has 0 spiro atoms. The molecule has 8 unspecified atom stereocenters. The Labute approximate surface area is 368 Å². The maximum Gasteiger partial charge on any atom is 0.315 e. The van der Waals surface area contributed by atoms with Crippen LogP contribution in [-0.4, -0.2) is 85.6 Å². The van der Waals surface area contributed by atoms with Crippen molar-refractivity contribution >= 4 is 16.9 Å². The molecule has 61 heavy (non-hydrogen) atoms. The molecule has 8 bridgehead atoms. The van der Waals surface area contributed by atoms with Gasteiger partial charge in [-0.1, -0.05) is 75.6 Å². The van der Waals surface area contributed by atoms with E-state index in [1.165, 1.54) is 103 Å². The highest BCUT2D eigenvalue weighted by Gasteiger charge is 2.54. The van der Waals surface area contributed by atoms with Gasteiger partial charge < -0.3 is 14.6 Å². The van der Waals surface area contributed by atoms with Crippen molar-refractivity contribution in [3.63, 3.8) is 0 Å². The standard InChI is InChI=1S/C32H56N8.C16H16O4.H4Si/c1-2-10-18-17(9-1)25-33-26(18)38-28-21-13-5-6-14-22(21)30(35-28)40-32-24-16-8-7-15-23(24)31(36-32)39-29-20-12-4-3-11-19(20)27(34-29)37-25;1-19-13-7-3-11(4-8-13)15(16(17)18)12-5-9-14(20-2)10-6-12;/h17-40H,1-16H2;3-10,15H,1-2H3,(H,17,18);1H4. The molecule has 9 aliphatic rings. The number of fused-ring (bicyclic) bond motifs is 20. The first-order valence-corrected chi connectivity index (χ1v) is 24.0. The number of carboxylic acids is 1. The first-order chi connectivity index (χ1) is 29.4. The molecular formula is C48H76N8O4Si. The molecule has 9 fully saturated rings. The van der Waals surface area contributed by atoms with E-state index in [1.54, 1.807) is 62.8 Å². The van der Waals surface area contributed by atoms with E-state index < -0.39 is 11.9 Å². The Kier molecular flexibility index (Phi) is 13.8. The highest BCUT2D eigenvalue weighted by atomic mass is 28.1. The lowest BCUT2D eigenvalue weighted by molar-refractivity contribution is -0.137. The third kappa shape index (κ3) is 8.81. The monoisotopic (exact) mass is 857 g/mol. The minimum absolute atomic E-state index is 0. The van der Waals surface area contributed by atoms with Crippen LogP contribution in [0.3, 0.4) is 0 Å². The molecule has 11 rings (SSSR count). The number of nitrogens with one attached hydrogen (secondary N) is 8. The third-order valence-electron chi connectivity index (χ3n) is 16.9. The lowest BCUT2D eigenvalue weighted by Gasteiger charge is -2.35. The zero-order valence-corrected chi connectivity index (χ0v) is 35.9. The fraction of sp³-hybridized carbons (Fsp3) is 0.729. The second-order valence-corrected chi connectivity index (χ2v) is 19.9. The van der Waals surface area contributed by atoms with Gasteiger partial charge in [-0.15, -0.1) is 0 Å². The average Bonchev–Trinajstić information content (AvgIpc) is 4.03. The summed E-state index contributed by atoms with van der Waals surface area (Å²) in [6.45, 7) is 0. The molecule has 0 aromatic heterocycles. The second kappa shape index (κ2) is 19.3. The van der Waals surface area contributed by atoms with Crippen LogP contribution < -0.4 is 52.0 Å². The minimum Gasteiger partial charge on any atom is -0.497 e. The number of methoxy groups -OCH3 is 2. The van der Waals surface area contributed by atoms with Crippen molar-refractivity contribution < 1.29 is 19.4 Å². The van der Waals surface area contributed by atoms with Gasteiger partial charge in [0, 0.05) is 0 Å². The van der Waals surface area contributed by atoms with Gasteiger partial charge in [-0.2, -0.15) is 0 Å². The molecule has 0 amide bonds. The molecule has 4 saturated carbocycles. The molecule has 12 nitrogen and oxygen atoms in total. The Morgan fingerprint density at radius 3 is 0.787 bits per heavy atom. The van der Waals surface area contributed by atoms with Crippen LogP contribution in [0.15, 0.2) is 48.5 Å². The predicted octanol–water partition coefficient (Wildman–Crippen LogP) is 4.07. The second-order valence-electron chi connectivity index (χ2n) is 19.9. The van der Waals surface area contributed by atoms with Gasteiger partial charge in [0.2, 0.25) is 0 Å². The number of rotatable bonds is 5. The number of aliphatic carboxylic acids is 1. The Morgan fingerprint density at radius 2 is 0.623 bits per heavy atom. The van der Waals surface area contributed by atoms with E-state index in [9.17, 15) is 9.90 Å². The number of ether oxygens (including phenoxy) is 2. The van der Waals surface area contributed by atoms with Crippen LogP contribution in [0.2, 0.25) is 0 Å². The number of benzene rings is 2. The van der Waals surface area contributed by atoms with E-state index >= 15 is 0 Å². The summed E-state index contributed by atoms with van der Waals surface area (Å²) < 4.78 is 10.2. The molecule has 2 aromatic rings.